The normalized spacial score (nSPS) is 24.2. The van der Waals surface area contributed by atoms with Gasteiger partial charge in [0.25, 0.3) is 0 Å². The van der Waals surface area contributed by atoms with Gasteiger partial charge in [-0.2, -0.15) is 5.26 Å². The fourth-order valence-electron chi connectivity index (χ4n) is 4.00. The van der Waals surface area contributed by atoms with Crippen LogP contribution in [0, 0.1) is 22.7 Å². The number of nitrogens with two attached hydrogens (primary N) is 1. The van der Waals surface area contributed by atoms with E-state index in [1.54, 1.807) is 7.11 Å². The molecule has 0 aromatic heterocycles. The highest BCUT2D eigenvalue weighted by Crippen LogP contribution is 2.49. The molecule has 2 aliphatic rings. The Labute approximate surface area is 152 Å². The van der Waals surface area contributed by atoms with Gasteiger partial charge in [0.05, 0.1) is 24.3 Å². The lowest BCUT2D eigenvalue weighted by Crippen LogP contribution is -2.45. The van der Waals surface area contributed by atoms with Crippen LogP contribution in [-0.4, -0.2) is 18.9 Å². The standard InChI is InChI=1S/C21H19N3O2/c1-25-13-7-8-14-17(9-13)26-18-10-16(23)15(11-22)21(24)20(18)19(14)12-5-3-2-4-6-12/h2-9,18-20,24H,10,23H2,1H3. The molecule has 2 aromatic rings. The molecule has 26 heavy (non-hydrogen) atoms. The van der Waals surface area contributed by atoms with Crippen LogP contribution in [0.2, 0.25) is 0 Å². The van der Waals surface area contributed by atoms with Crippen molar-refractivity contribution in [2.45, 2.75) is 18.4 Å². The Kier molecular flexibility index (Phi) is 3.89. The number of nitrogens with zero attached hydrogens (tertiary/aromatic N) is 1. The molecular formula is C21H19N3O2. The van der Waals surface area contributed by atoms with Gasteiger partial charge in [0.15, 0.2) is 0 Å². The SMILES string of the molecule is COc1ccc2c(c1)OC1CC(N)=C(C#N)C(=N)C1C2c1ccccc1. The van der Waals surface area contributed by atoms with Crippen molar-refractivity contribution in [1.29, 1.82) is 10.7 Å². The van der Waals surface area contributed by atoms with Crippen LogP contribution >= 0.6 is 0 Å². The number of benzene rings is 2. The van der Waals surface area contributed by atoms with Gasteiger partial charge in [0.2, 0.25) is 0 Å². The van der Waals surface area contributed by atoms with E-state index in [-0.39, 0.29) is 29.2 Å². The van der Waals surface area contributed by atoms with E-state index < -0.39 is 0 Å². The van der Waals surface area contributed by atoms with E-state index in [1.165, 1.54) is 0 Å². The number of fused-ring (bicyclic) bond motifs is 2. The molecular weight excluding hydrogens is 326 g/mol. The van der Waals surface area contributed by atoms with Gasteiger partial charge in [-0.15, -0.1) is 0 Å². The second-order valence-corrected chi connectivity index (χ2v) is 6.60. The fraction of sp³-hybridized carbons (Fsp3) is 0.238. The van der Waals surface area contributed by atoms with Crippen molar-refractivity contribution in [1.82, 2.24) is 0 Å². The van der Waals surface area contributed by atoms with Crippen molar-refractivity contribution in [3.05, 3.63) is 70.9 Å². The monoisotopic (exact) mass is 345 g/mol. The molecule has 4 rings (SSSR count). The summed E-state index contributed by atoms with van der Waals surface area (Å²) in [6.45, 7) is 0. The maximum Gasteiger partial charge on any atom is 0.127 e. The van der Waals surface area contributed by atoms with Gasteiger partial charge in [0, 0.05) is 29.7 Å². The molecule has 3 atom stereocenters. The molecule has 0 amide bonds. The minimum absolute atomic E-state index is 0.0696. The smallest absolute Gasteiger partial charge is 0.127 e. The first-order valence-corrected chi connectivity index (χ1v) is 8.51. The van der Waals surface area contributed by atoms with Crippen molar-refractivity contribution in [3.8, 4) is 17.6 Å². The zero-order valence-corrected chi connectivity index (χ0v) is 14.4. The minimum Gasteiger partial charge on any atom is -0.497 e. The van der Waals surface area contributed by atoms with E-state index in [1.807, 2.05) is 36.4 Å². The molecule has 0 radical (unpaired) electrons. The topological polar surface area (TPSA) is 92.1 Å². The van der Waals surface area contributed by atoms with Crippen LogP contribution in [0.25, 0.3) is 0 Å². The van der Waals surface area contributed by atoms with Crippen LogP contribution in [0.5, 0.6) is 11.5 Å². The Morgan fingerprint density at radius 1 is 1.23 bits per heavy atom. The number of ether oxygens (including phenoxy) is 2. The third kappa shape index (κ3) is 2.42. The van der Waals surface area contributed by atoms with Crippen LogP contribution in [0.4, 0.5) is 0 Å². The van der Waals surface area contributed by atoms with Gasteiger partial charge < -0.3 is 20.6 Å². The molecule has 0 bridgehead atoms. The number of rotatable bonds is 2. The van der Waals surface area contributed by atoms with E-state index >= 15 is 0 Å². The van der Waals surface area contributed by atoms with Crippen LogP contribution in [0.3, 0.4) is 0 Å². The molecule has 1 aliphatic heterocycles. The highest BCUT2D eigenvalue weighted by Gasteiger charge is 2.45. The average molecular weight is 345 g/mol. The fourth-order valence-corrected chi connectivity index (χ4v) is 4.00. The van der Waals surface area contributed by atoms with Gasteiger partial charge in [-0.25, -0.2) is 0 Å². The van der Waals surface area contributed by atoms with Crippen LogP contribution < -0.4 is 15.2 Å². The third-order valence-electron chi connectivity index (χ3n) is 5.21. The molecule has 1 heterocycles. The molecule has 5 heteroatoms. The number of nitriles is 1. The van der Waals surface area contributed by atoms with Crippen molar-refractivity contribution in [2.24, 2.45) is 11.7 Å². The summed E-state index contributed by atoms with van der Waals surface area (Å²) in [6, 6.07) is 17.9. The maximum absolute atomic E-state index is 9.46. The zero-order valence-electron chi connectivity index (χ0n) is 14.4. The molecule has 3 N–H and O–H groups in total. The minimum atomic E-state index is -0.274. The quantitative estimate of drug-likeness (QED) is 0.873. The van der Waals surface area contributed by atoms with Gasteiger partial charge in [-0.3, -0.25) is 0 Å². The Balaban J connectivity index is 1.90. The second kappa shape index (κ2) is 6.23. The summed E-state index contributed by atoms with van der Waals surface area (Å²) in [6.07, 6.45) is 0.167. The predicted molar refractivity (Wildman–Crippen MR) is 98.4 cm³/mol. The molecule has 0 fully saturated rings. The molecule has 5 nitrogen and oxygen atoms in total. The Morgan fingerprint density at radius 3 is 2.69 bits per heavy atom. The van der Waals surface area contributed by atoms with E-state index in [0.29, 0.717) is 12.1 Å². The Hall–Kier alpha value is -3.26. The highest BCUT2D eigenvalue weighted by molar-refractivity contribution is 6.05. The van der Waals surface area contributed by atoms with Gasteiger partial charge in [-0.05, 0) is 11.6 Å². The molecule has 130 valence electrons. The third-order valence-corrected chi connectivity index (χ3v) is 5.21. The molecule has 0 spiro atoms. The maximum atomic E-state index is 9.46. The summed E-state index contributed by atoms with van der Waals surface area (Å²) < 4.78 is 11.6. The van der Waals surface area contributed by atoms with Crippen LogP contribution in [0.1, 0.15) is 23.5 Å². The van der Waals surface area contributed by atoms with Gasteiger partial charge >= 0.3 is 0 Å². The lowest BCUT2D eigenvalue weighted by Gasteiger charge is -2.42. The van der Waals surface area contributed by atoms with Gasteiger partial charge in [-0.1, -0.05) is 36.4 Å². The van der Waals surface area contributed by atoms with E-state index in [0.717, 1.165) is 22.6 Å². The number of hydrogen-bond acceptors (Lipinski definition) is 5. The summed E-state index contributed by atoms with van der Waals surface area (Å²) >= 11 is 0. The van der Waals surface area contributed by atoms with Crippen molar-refractivity contribution in [2.75, 3.05) is 7.11 Å². The lowest BCUT2D eigenvalue weighted by atomic mass is 9.68. The first-order chi connectivity index (χ1) is 12.6. The van der Waals surface area contributed by atoms with Crippen molar-refractivity contribution < 1.29 is 9.47 Å². The predicted octanol–water partition coefficient (Wildman–Crippen LogP) is 3.36. The summed E-state index contributed by atoms with van der Waals surface area (Å²) in [4.78, 5) is 0. The summed E-state index contributed by atoms with van der Waals surface area (Å²) in [5, 5.41) is 18.1. The summed E-state index contributed by atoms with van der Waals surface area (Å²) in [7, 11) is 1.62. The van der Waals surface area contributed by atoms with E-state index in [4.69, 9.17) is 20.6 Å². The van der Waals surface area contributed by atoms with Gasteiger partial charge in [0.1, 0.15) is 23.7 Å². The first-order valence-electron chi connectivity index (χ1n) is 8.51. The van der Waals surface area contributed by atoms with Crippen LogP contribution in [-0.2, 0) is 0 Å². The largest absolute Gasteiger partial charge is 0.497 e. The van der Waals surface area contributed by atoms with Crippen molar-refractivity contribution >= 4 is 5.71 Å². The second-order valence-electron chi connectivity index (χ2n) is 6.60. The molecule has 3 unspecified atom stereocenters. The molecule has 0 saturated carbocycles. The van der Waals surface area contributed by atoms with E-state index in [2.05, 4.69) is 18.2 Å². The molecule has 2 aromatic carbocycles. The highest BCUT2D eigenvalue weighted by atomic mass is 16.5. The van der Waals surface area contributed by atoms with Crippen molar-refractivity contribution in [3.63, 3.8) is 0 Å². The first kappa shape index (κ1) is 16.2. The summed E-state index contributed by atoms with van der Waals surface area (Å²) in [5.41, 5.74) is 9.13. The van der Waals surface area contributed by atoms with E-state index in [9.17, 15) is 5.26 Å². The Morgan fingerprint density at radius 2 is 2.00 bits per heavy atom. The number of methoxy groups -OCH3 is 1. The molecule has 1 aliphatic carbocycles. The Bertz CT molecular complexity index is 943. The molecule has 0 saturated heterocycles. The van der Waals surface area contributed by atoms with Crippen LogP contribution in [0.15, 0.2) is 59.8 Å². The summed E-state index contributed by atoms with van der Waals surface area (Å²) in [5.74, 6) is 1.15. The number of nitrogens with one attached hydrogen (secondary N) is 1. The lowest BCUT2D eigenvalue weighted by molar-refractivity contribution is 0.130. The number of allylic oxidation sites excluding steroid dienone is 1. The zero-order chi connectivity index (χ0) is 18.3. The average Bonchev–Trinajstić information content (AvgIpc) is 2.66. The number of hydrogen-bond donors (Lipinski definition) is 2.